The van der Waals surface area contributed by atoms with Crippen LogP contribution in [0.1, 0.15) is 27.5 Å². The van der Waals surface area contributed by atoms with Crippen molar-refractivity contribution in [1.82, 2.24) is 26.6 Å². The number of benzene rings is 3. The number of aliphatic hydroxyl groups is 1. The average Bonchev–Trinajstić information content (AvgIpc) is 3.34. The first-order valence-electron chi connectivity index (χ1n) is 20.9. The number of aromatic carboxylic acids is 1. The summed E-state index contributed by atoms with van der Waals surface area (Å²) in [5.41, 5.74) is 42.5. The number of aliphatic hydroxyl groups excluding tert-OH is 1. The highest BCUT2D eigenvalue weighted by atomic mass is 17.2. The number of nitro benzene ring substituents is 3. The van der Waals surface area contributed by atoms with Crippen LogP contribution in [0, 0.1) is 30.3 Å². The first kappa shape index (κ1) is 60.8. The number of anilines is 2. The van der Waals surface area contributed by atoms with Crippen LogP contribution < -0.4 is 88.6 Å². The van der Waals surface area contributed by atoms with Crippen molar-refractivity contribution in [2.75, 3.05) is 17.0 Å². The van der Waals surface area contributed by atoms with Crippen LogP contribution in [0.2, 0.25) is 0 Å². The Morgan fingerprint density at radius 2 is 1.06 bits per heavy atom. The van der Waals surface area contributed by atoms with Crippen molar-refractivity contribution < 1.29 is 73.9 Å². The van der Waals surface area contributed by atoms with Gasteiger partial charge in [-0.3, -0.25) is 59.1 Å². The van der Waals surface area contributed by atoms with Crippen LogP contribution in [0.5, 0.6) is 5.75 Å². The van der Waals surface area contributed by atoms with Gasteiger partial charge in [0.25, 0.3) is 40.7 Å². The van der Waals surface area contributed by atoms with Crippen LogP contribution in [0.4, 0.5) is 28.4 Å². The van der Waals surface area contributed by atoms with E-state index in [-0.39, 0.29) is 11.6 Å². The maximum absolute atomic E-state index is 14.6. The van der Waals surface area contributed by atoms with Gasteiger partial charge in [-0.1, -0.05) is 30.3 Å². The molecule has 78 heavy (non-hydrogen) atoms. The van der Waals surface area contributed by atoms with E-state index in [2.05, 4.69) is 35.6 Å². The zero-order chi connectivity index (χ0) is 58.9. The third kappa shape index (κ3) is 16.5. The van der Waals surface area contributed by atoms with Crippen LogP contribution in [0.3, 0.4) is 0 Å². The SMILES string of the molecule is NC(=O)C(N=C(N)N)NC(=O)C(N=C(N)N)NC(=O)C(N=C(N)N)NC(=O)C(N=C(N)N)NC(=O)C(NC(=O)C(CO)N(Cc1cc([N+](=O)[O-])cc(NOO)c1O)c1c(C(=O)O)cc([N+](=O)[O-])cc1[N+](=O)[O-])c1ccccc1. The molecular formula is C37H47N23O18. The molecule has 6 unspecified atom stereocenters. The highest BCUT2D eigenvalue weighted by Crippen LogP contribution is 2.41. The highest BCUT2D eigenvalue weighted by molar-refractivity contribution is 6.02. The second-order valence-electron chi connectivity index (χ2n) is 15.1. The number of carboxylic acid groups (broad SMARTS) is 1. The summed E-state index contributed by atoms with van der Waals surface area (Å²) in [5, 5.41) is 87.7. The standard InChI is InChI=1S/C37H47N23O18/c38-23(63)24(52-34(39)40)48-30(66)26(54-36(43)44)50-32(68)27(55-37(45)46)51-31(67)25(53-35(41)42)49-29(65)20(12-4-2-1-3-5-12)47-28(64)19(11-61)57(10-13-6-14(58(71)72)8-17(22(13)62)56-78-77)21-16(33(69)70)7-15(59(73)74)9-18(21)60(75)76/h1-9,19-20,24-27,56,61-62,77H,10-11H2,(H2,38,63)(H,47,64)(H,48,66)(H,49,65)(H,50,68)(H,51,67)(H,69,70)(H4,39,40,52)(H4,41,42,53)(H4,43,44,54)(H4,45,46,55). The van der Waals surface area contributed by atoms with Gasteiger partial charge < -0.3 is 98.4 Å². The van der Waals surface area contributed by atoms with Crippen molar-refractivity contribution in [1.29, 1.82) is 0 Å². The van der Waals surface area contributed by atoms with Gasteiger partial charge in [-0.15, -0.1) is 4.99 Å². The molecule has 0 fully saturated rings. The summed E-state index contributed by atoms with van der Waals surface area (Å²) in [6, 6.07) is 3.66. The molecule has 0 heterocycles. The Morgan fingerprint density at radius 1 is 0.615 bits per heavy atom. The van der Waals surface area contributed by atoms with Gasteiger partial charge in [-0.25, -0.2) is 35.5 Å². The van der Waals surface area contributed by atoms with Crippen LogP contribution in [-0.2, 0) is 40.3 Å². The van der Waals surface area contributed by atoms with Gasteiger partial charge >= 0.3 is 5.97 Å². The predicted octanol–water partition coefficient (Wildman–Crippen LogP) is -7.80. The fraction of sp³-hybridized carbons (Fsp3) is 0.216. The van der Waals surface area contributed by atoms with E-state index >= 15 is 0 Å². The normalized spacial score (nSPS) is 12.8. The number of carboxylic acids is 1. The number of nitro groups is 3. The molecule has 0 aliphatic rings. The number of primary amides is 1. The van der Waals surface area contributed by atoms with Crippen LogP contribution in [0.15, 0.2) is 74.6 Å². The molecule has 28 N–H and O–H groups in total. The van der Waals surface area contributed by atoms with E-state index in [1.165, 1.54) is 30.3 Å². The third-order valence-electron chi connectivity index (χ3n) is 9.66. The van der Waals surface area contributed by atoms with E-state index in [4.69, 9.17) is 56.9 Å². The van der Waals surface area contributed by atoms with Gasteiger partial charge in [0.1, 0.15) is 29.2 Å². The maximum Gasteiger partial charge on any atom is 0.338 e. The number of aromatic hydroxyl groups is 1. The lowest BCUT2D eigenvalue weighted by Gasteiger charge is -2.33. The van der Waals surface area contributed by atoms with E-state index in [0.29, 0.717) is 23.1 Å². The second kappa shape index (κ2) is 27.0. The number of phenols is 1. The number of carbonyl (C=O) groups is 7. The molecule has 0 bridgehead atoms. The van der Waals surface area contributed by atoms with Crippen LogP contribution >= 0.6 is 0 Å². The molecule has 0 radical (unpaired) electrons. The van der Waals surface area contributed by atoms with E-state index < -0.39 is 175 Å². The molecule has 3 rings (SSSR count). The number of guanidine groups is 4. The van der Waals surface area contributed by atoms with Crippen molar-refractivity contribution in [3.63, 3.8) is 0 Å². The van der Waals surface area contributed by atoms with Crippen molar-refractivity contribution >= 4 is 93.7 Å². The van der Waals surface area contributed by atoms with Crippen molar-refractivity contribution in [2.24, 2.45) is 71.6 Å². The summed E-state index contributed by atoms with van der Waals surface area (Å²) < 4.78 is 0. The lowest BCUT2D eigenvalue weighted by molar-refractivity contribution is -0.393. The minimum absolute atomic E-state index is 0.195. The minimum Gasteiger partial charge on any atom is -0.505 e. The Labute approximate surface area is 432 Å². The number of nitrogens with one attached hydrogen (secondary N) is 6. The Hall–Kier alpha value is -11.5. The van der Waals surface area contributed by atoms with Crippen molar-refractivity contribution in [2.45, 2.75) is 43.3 Å². The zero-order valence-electron chi connectivity index (χ0n) is 39.4. The number of aliphatic imine (C=N–C) groups is 4. The first-order valence-corrected chi connectivity index (χ1v) is 20.9. The molecule has 0 saturated heterocycles. The Balaban J connectivity index is 2.21. The minimum atomic E-state index is -2.43. The van der Waals surface area contributed by atoms with Crippen LogP contribution in [-0.4, -0.2) is 138 Å². The fourth-order valence-corrected chi connectivity index (χ4v) is 6.47. The maximum atomic E-state index is 14.6. The molecule has 3 aromatic carbocycles. The number of non-ortho nitro benzene ring substituents is 2. The number of hydrogen-bond donors (Lipinski definition) is 19. The zero-order valence-corrected chi connectivity index (χ0v) is 39.4. The molecule has 418 valence electrons. The molecule has 0 aliphatic carbocycles. The van der Waals surface area contributed by atoms with E-state index in [1.54, 1.807) is 5.48 Å². The number of rotatable bonds is 27. The smallest absolute Gasteiger partial charge is 0.338 e. The lowest BCUT2D eigenvalue weighted by Crippen LogP contribution is -2.58. The molecule has 0 aliphatic heterocycles. The molecule has 41 heteroatoms. The molecule has 0 spiro atoms. The molecule has 0 saturated carbocycles. The van der Waals surface area contributed by atoms with Gasteiger partial charge in [-0.2, -0.15) is 0 Å². The molecule has 0 aromatic heterocycles. The molecule has 3 aromatic rings. The number of amides is 6. The largest absolute Gasteiger partial charge is 0.505 e. The molecule has 6 atom stereocenters. The summed E-state index contributed by atoms with van der Waals surface area (Å²) in [4.78, 5) is 145. The van der Waals surface area contributed by atoms with E-state index in [1.807, 2.05) is 16.0 Å². The topological polar surface area (TPSA) is 698 Å². The third-order valence-corrected chi connectivity index (χ3v) is 9.66. The monoisotopic (exact) mass is 1100 g/mol. The summed E-state index contributed by atoms with van der Waals surface area (Å²) in [6.07, 6.45) is -8.87. The summed E-state index contributed by atoms with van der Waals surface area (Å²) in [6.45, 7) is -2.81. The number of nitrogens with two attached hydrogens (primary N) is 9. The summed E-state index contributed by atoms with van der Waals surface area (Å²) in [5.74, 6) is -15.6. The number of nitrogens with zero attached hydrogens (tertiary/aromatic N) is 8. The predicted molar refractivity (Wildman–Crippen MR) is 263 cm³/mol. The first-order chi connectivity index (χ1) is 36.5. The fourth-order valence-electron chi connectivity index (χ4n) is 6.47. The van der Waals surface area contributed by atoms with Crippen molar-refractivity contribution in [3.8, 4) is 5.75 Å². The summed E-state index contributed by atoms with van der Waals surface area (Å²) in [7, 11) is 0. The molecule has 41 nitrogen and oxygen atoms in total. The number of carbonyl (C=O) groups excluding carboxylic acids is 6. The quantitative estimate of drug-likeness (QED) is 0.00842. The molecular weight excluding hydrogens is 1050 g/mol. The Bertz CT molecular complexity index is 2920. The van der Waals surface area contributed by atoms with E-state index in [9.17, 15) is 79.2 Å². The molecule has 6 amide bonds. The number of phenolic OH excluding ortho intramolecular Hbond substituents is 1. The van der Waals surface area contributed by atoms with Gasteiger partial charge in [0, 0.05) is 30.3 Å². The second-order valence-corrected chi connectivity index (χ2v) is 15.1. The Morgan fingerprint density at radius 3 is 1.47 bits per heavy atom. The van der Waals surface area contributed by atoms with Gasteiger partial charge in [0.05, 0.1) is 33.0 Å². The van der Waals surface area contributed by atoms with E-state index in [0.717, 1.165) is 0 Å². The van der Waals surface area contributed by atoms with Crippen molar-refractivity contribution in [3.05, 3.63) is 102 Å². The highest BCUT2D eigenvalue weighted by Gasteiger charge is 2.40. The van der Waals surface area contributed by atoms with Gasteiger partial charge in [0.2, 0.25) is 36.5 Å². The van der Waals surface area contributed by atoms with Crippen LogP contribution in [0.25, 0.3) is 0 Å². The average molecular weight is 1100 g/mol. The number of hydrogen-bond acceptors (Lipinski definition) is 23. The van der Waals surface area contributed by atoms with Gasteiger partial charge in [-0.05, 0) is 5.56 Å². The van der Waals surface area contributed by atoms with Gasteiger partial charge in [0.15, 0.2) is 23.8 Å². The lowest BCUT2D eigenvalue weighted by atomic mass is 10.0. The summed E-state index contributed by atoms with van der Waals surface area (Å²) >= 11 is 0. The Kier molecular flexibility index (Phi) is 21.0.